The van der Waals surface area contributed by atoms with Crippen LogP contribution in [0, 0.1) is 6.92 Å². The quantitative estimate of drug-likeness (QED) is 0.936. The molecule has 1 aromatic heterocycles. The summed E-state index contributed by atoms with van der Waals surface area (Å²) in [6, 6.07) is 6.26. The van der Waals surface area contributed by atoms with Gasteiger partial charge in [0, 0.05) is 23.4 Å². The molecule has 1 N–H and O–H groups in total. The standard InChI is InChI=1S/C16H20N2O2S/c1-4-17-13-8-16(14-9-21-10(2)18-14)20-15-6-5-11(19-3)7-12(13)15/h5-7,9,13,16-17H,4,8H2,1-3H3. The van der Waals surface area contributed by atoms with E-state index in [9.17, 15) is 0 Å². The zero-order chi connectivity index (χ0) is 14.8. The van der Waals surface area contributed by atoms with Gasteiger partial charge in [-0.05, 0) is 31.7 Å². The largest absolute Gasteiger partial charge is 0.497 e. The molecule has 1 aliphatic rings. The summed E-state index contributed by atoms with van der Waals surface area (Å²) in [4.78, 5) is 4.58. The van der Waals surface area contributed by atoms with Gasteiger partial charge >= 0.3 is 0 Å². The summed E-state index contributed by atoms with van der Waals surface area (Å²) in [5.74, 6) is 1.78. The van der Waals surface area contributed by atoms with Crippen LogP contribution in [0.3, 0.4) is 0 Å². The third kappa shape index (κ3) is 2.89. The number of nitrogens with one attached hydrogen (secondary N) is 1. The average Bonchev–Trinajstić information content (AvgIpc) is 2.93. The number of methoxy groups -OCH3 is 1. The van der Waals surface area contributed by atoms with Crippen LogP contribution in [0.4, 0.5) is 0 Å². The first kappa shape index (κ1) is 14.4. The Balaban J connectivity index is 1.93. The van der Waals surface area contributed by atoms with Crippen LogP contribution in [0.2, 0.25) is 0 Å². The Hall–Kier alpha value is -1.59. The van der Waals surface area contributed by atoms with Gasteiger partial charge in [-0.1, -0.05) is 6.92 Å². The zero-order valence-electron chi connectivity index (χ0n) is 12.6. The van der Waals surface area contributed by atoms with Crippen molar-refractivity contribution in [3.63, 3.8) is 0 Å². The van der Waals surface area contributed by atoms with E-state index in [-0.39, 0.29) is 12.1 Å². The molecule has 0 spiro atoms. The van der Waals surface area contributed by atoms with Crippen LogP contribution in [0.1, 0.15) is 41.8 Å². The van der Waals surface area contributed by atoms with Crippen molar-refractivity contribution in [3.8, 4) is 11.5 Å². The van der Waals surface area contributed by atoms with Gasteiger partial charge in [0.2, 0.25) is 0 Å². The molecule has 0 radical (unpaired) electrons. The van der Waals surface area contributed by atoms with E-state index in [1.807, 2.05) is 19.1 Å². The number of aryl methyl sites for hydroxylation is 1. The second kappa shape index (κ2) is 6.03. The monoisotopic (exact) mass is 304 g/mol. The van der Waals surface area contributed by atoms with Crippen molar-refractivity contribution in [1.82, 2.24) is 10.3 Å². The highest BCUT2D eigenvalue weighted by atomic mass is 32.1. The van der Waals surface area contributed by atoms with Crippen molar-refractivity contribution in [3.05, 3.63) is 39.8 Å². The van der Waals surface area contributed by atoms with Gasteiger partial charge in [0.1, 0.15) is 17.6 Å². The van der Waals surface area contributed by atoms with Crippen molar-refractivity contribution in [2.75, 3.05) is 13.7 Å². The maximum absolute atomic E-state index is 6.16. The van der Waals surface area contributed by atoms with Gasteiger partial charge in [-0.15, -0.1) is 11.3 Å². The smallest absolute Gasteiger partial charge is 0.143 e. The Morgan fingerprint density at radius 1 is 1.48 bits per heavy atom. The van der Waals surface area contributed by atoms with Crippen LogP contribution in [0.5, 0.6) is 11.5 Å². The summed E-state index contributed by atoms with van der Waals surface area (Å²) >= 11 is 1.67. The molecule has 0 amide bonds. The van der Waals surface area contributed by atoms with Crippen molar-refractivity contribution in [2.45, 2.75) is 32.4 Å². The summed E-state index contributed by atoms with van der Waals surface area (Å²) in [6.07, 6.45) is 0.900. The summed E-state index contributed by atoms with van der Waals surface area (Å²) in [5.41, 5.74) is 2.20. The molecule has 2 atom stereocenters. The molecule has 0 fully saturated rings. The fraction of sp³-hybridized carbons (Fsp3) is 0.438. The molecule has 0 bridgehead atoms. The molecule has 112 valence electrons. The summed E-state index contributed by atoms with van der Waals surface area (Å²) < 4.78 is 11.5. The first-order valence-electron chi connectivity index (χ1n) is 7.21. The van der Waals surface area contributed by atoms with E-state index in [1.165, 1.54) is 5.56 Å². The highest BCUT2D eigenvalue weighted by Gasteiger charge is 2.30. The Bertz CT molecular complexity index is 626. The van der Waals surface area contributed by atoms with Gasteiger partial charge < -0.3 is 14.8 Å². The maximum Gasteiger partial charge on any atom is 0.143 e. The number of nitrogens with zero attached hydrogens (tertiary/aromatic N) is 1. The van der Waals surface area contributed by atoms with E-state index >= 15 is 0 Å². The van der Waals surface area contributed by atoms with Gasteiger partial charge in [-0.2, -0.15) is 0 Å². The second-order valence-electron chi connectivity index (χ2n) is 5.15. The number of benzene rings is 1. The van der Waals surface area contributed by atoms with Crippen LogP contribution in [0.15, 0.2) is 23.6 Å². The summed E-state index contributed by atoms with van der Waals surface area (Å²) in [7, 11) is 1.69. The molecule has 2 heterocycles. The van der Waals surface area contributed by atoms with Crippen molar-refractivity contribution < 1.29 is 9.47 Å². The predicted molar refractivity (Wildman–Crippen MR) is 84.2 cm³/mol. The molecule has 21 heavy (non-hydrogen) atoms. The minimum atomic E-state index is 0.0138. The number of rotatable bonds is 4. The lowest BCUT2D eigenvalue weighted by Gasteiger charge is -2.32. The van der Waals surface area contributed by atoms with Crippen molar-refractivity contribution in [2.24, 2.45) is 0 Å². The normalized spacial score (nSPS) is 20.7. The Morgan fingerprint density at radius 2 is 2.33 bits per heavy atom. The van der Waals surface area contributed by atoms with Gasteiger partial charge in [0.25, 0.3) is 0 Å². The number of thiazole rings is 1. The lowest BCUT2D eigenvalue weighted by Crippen LogP contribution is -2.29. The SMILES string of the molecule is CCNC1CC(c2csc(C)n2)Oc2ccc(OC)cc21. The van der Waals surface area contributed by atoms with Crippen LogP contribution < -0.4 is 14.8 Å². The number of aromatic nitrogens is 1. The molecule has 2 unspecified atom stereocenters. The van der Waals surface area contributed by atoms with E-state index < -0.39 is 0 Å². The summed E-state index contributed by atoms with van der Waals surface area (Å²) in [6.45, 7) is 5.07. The molecule has 4 nitrogen and oxygen atoms in total. The van der Waals surface area contributed by atoms with E-state index in [0.717, 1.165) is 35.2 Å². The second-order valence-corrected chi connectivity index (χ2v) is 6.21. The molecule has 2 aromatic rings. The first-order chi connectivity index (χ1) is 10.2. The highest BCUT2D eigenvalue weighted by Crippen LogP contribution is 2.42. The van der Waals surface area contributed by atoms with E-state index in [0.29, 0.717) is 0 Å². The third-order valence-corrected chi connectivity index (χ3v) is 4.52. The van der Waals surface area contributed by atoms with Gasteiger partial charge in [0.15, 0.2) is 0 Å². The van der Waals surface area contributed by atoms with Gasteiger partial charge in [-0.25, -0.2) is 4.98 Å². The molecule has 0 saturated heterocycles. The molecule has 5 heteroatoms. The zero-order valence-corrected chi connectivity index (χ0v) is 13.4. The lowest BCUT2D eigenvalue weighted by atomic mass is 9.95. The Labute approximate surface area is 129 Å². The van der Waals surface area contributed by atoms with Crippen molar-refractivity contribution >= 4 is 11.3 Å². The Kier molecular flexibility index (Phi) is 4.12. The number of hydrogen-bond acceptors (Lipinski definition) is 5. The first-order valence-corrected chi connectivity index (χ1v) is 8.09. The highest BCUT2D eigenvalue weighted by molar-refractivity contribution is 7.09. The minimum Gasteiger partial charge on any atom is -0.497 e. The van der Waals surface area contributed by atoms with E-state index in [4.69, 9.17) is 9.47 Å². The number of ether oxygens (including phenoxy) is 2. The molecule has 1 aromatic carbocycles. The van der Waals surface area contributed by atoms with E-state index in [2.05, 4.69) is 28.7 Å². The van der Waals surface area contributed by atoms with E-state index in [1.54, 1.807) is 18.4 Å². The molecule has 0 saturated carbocycles. The van der Waals surface area contributed by atoms with Gasteiger partial charge in [-0.3, -0.25) is 0 Å². The fourth-order valence-electron chi connectivity index (χ4n) is 2.72. The summed E-state index contributed by atoms with van der Waals surface area (Å²) in [5, 5.41) is 6.71. The van der Waals surface area contributed by atoms with Crippen LogP contribution in [-0.4, -0.2) is 18.6 Å². The molecule has 0 aliphatic carbocycles. The predicted octanol–water partition coefficient (Wildman–Crippen LogP) is 3.63. The van der Waals surface area contributed by atoms with Crippen molar-refractivity contribution in [1.29, 1.82) is 0 Å². The van der Waals surface area contributed by atoms with Crippen LogP contribution in [-0.2, 0) is 0 Å². The lowest BCUT2D eigenvalue weighted by molar-refractivity contribution is 0.148. The van der Waals surface area contributed by atoms with Crippen LogP contribution >= 0.6 is 11.3 Å². The Morgan fingerprint density at radius 3 is 3.00 bits per heavy atom. The third-order valence-electron chi connectivity index (χ3n) is 3.73. The topological polar surface area (TPSA) is 43.4 Å². The molecule has 1 aliphatic heterocycles. The fourth-order valence-corrected chi connectivity index (χ4v) is 3.38. The number of hydrogen-bond donors (Lipinski definition) is 1. The minimum absolute atomic E-state index is 0.0138. The average molecular weight is 304 g/mol. The maximum atomic E-state index is 6.16. The van der Waals surface area contributed by atoms with Gasteiger partial charge in [0.05, 0.1) is 17.8 Å². The molecule has 3 rings (SSSR count). The van der Waals surface area contributed by atoms with Crippen LogP contribution in [0.25, 0.3) is 0 Å². The molecular weight excluding hydrogens is 284 g/mol. The number of fused-ring (bicyclic) bond motifs is 1. The molecular formula is C16H20N2O2S.